The highest BCUT2D eigenvalue weighted by Crippen LogP contribution is 2.29. The van der Waals surface area contributed by atoms with E-state index in [2.05, 4.69) is 27.3 Å². The Morgan fingerprint density at radius 1 is 1.17 bits per heavy atom. The molecule has 1 fully saturated rings. The third-order valence-electron chi connectivity index (χ3n) is 6.71. The van der Waals surface area contributed by atoms with Crippen LogP contribution in [-0.4, -0.2) is 73.8 Å². The van der Waals surface area contributed by atoms with E-state index >= 15 is 0 Å². The van der Waals surface area contributed by atoms with Crippen molar-refractivity contribution in [2.45, 2.75) is 24.7 Å². The Labute approximate surface area is 211 Å². The van der Waals surface area contributed by atoms with Gasteiger partial charge in [0.15, 0.2) is 5.76 Å². The number of hydrogen-bond acceptors (Lipinski definition) is 8. The Kier molecular flexibility index (Phi) is 7.98. The number of nitrogens with zero attached hydrogens (tertiary/aromatic N) is 2. The van der Waals surface area contributed by atoms with E-state index in [-0.39, 0.29) is 18.9 Å². The van der Waals surface area contributed by atoms with E-state index in [0.29, 0.717) is 25.4 Å². The van der Waals surface area contributed by atoms with Gasteiger partial charge in [-0.2, -0.15) is 0 Å². The molecule has 2 aliphatic rings. The molecule has 1 aromatic heterocycles. The van der Waals surface area contributed by atoms with E-state index in [1.54, 1.807) is 19.6 Å². The average Bonchev–Trinajstić information content (AvgIpc) is 3.46. The molecule has 5 rings (SSSR count). The van der Waals surface area contributed by atoms with Gasteiger partial charge >= 0.3 is 0 Å². The summed E-state index contributed by atoms with van der Waals surface area (Å²) in [5.74, 6) is 1.51. The molecule has 0 bridgehead atoms. The number of fused-ring (bicyclic) bond motifs is 1. The SMILES string of the molecule is COc1cccc2c(C(O)CN3CCOC(CNC(Cc4ccccc4)C4=COCO4)C3)ccnc12. The summed E-state index contributed by atoms with van der Waals surface area (Å²) in [6.45, 7) is 3.56. The van der Waals surface area contributed by atoms with Gasteiger partial charge in [-0.1, -0.05) is 42.5 Å². The quantitative estimate of drug-likeness (QED) is 0.448. The Morgan fingerprint density at radius 3 is 2.86 bits per heavy atom. The van der Waals surface area contributed by atoms with E-state index in [4.69, 9.17) is 18.9 Å². The van der Waals surface area contributed by atoms with Gasteiger partial charge in [-0.25, -0.2) is 0 Å². The molecule has 8 nitrogen and oxygen atoms in total. The van der Waals surface area contributed by atoms with Crippen molar-refractivity contribution in [3.63, 3.8) is 0 Å². The zero-order valence-corrected chi connectivity index (χ0v) is 20.5. The Morgan fingerprint density at radius 2 is 2.06 bits per heavy atom. The first-order valence-corrected chi connectivity index (χ1v) is 12.4. The van der Waals surface area contributed by atoms with Gasteiger partial charge in [-0.05, 0) is 29.7 Å². The van der Waals surface area contributed by atoms with Gasteiger partial charge in [-0.3, -0.25) is 9.88 Å². The van der Waals surface area contributed by atoms with Crippen LogP contribution in [0.25, 0.3) is 10.9 Å². The molecule has 190 valence electrons. The molecule has 3 unspecified atom stereocenters. The van der Waals surface area contributed by atoms with E-state index < -0.39 is 6.10 Å². The lowest BCUT2D eigenvalue weighted by atomic mass is 10.0. The van der Waals surface area contributed by atoms with Crippen LogP contribution in [0.2, 0.25) is 0 Å². The van der Waals surface area contributed by atoms with Crippen LogP contribution in [0.5, 0.6) is 5.75 Å². The number of methoxy groups -OCH3 is 1. The number of para-hydroxylation sites is 1. The summed E-state index contributed by atoms with van der Waals surface area (Å²) in [6, 6.07) is 18.0. The van der Waals surface area contributed by atoms with E-state index in [0.717, 1.165) is 41.7 Å². The highest BCUT2D eigenvalue weighted by atomic mass is 16.7. The lowest BCUT2D eigenvalue weighted by molar-refractivity contribution is -0.0405. The fourth-order valence-electron chi connectivity index (χ4n) is 4.87. The van der Waals surface area contributed by atoms with Crippen molar-refractivity contribution in [2.75, 3.05) is 46.7 Å². The molecule has 0 spiro atoms. The molecular weight excluding hydrogens is 458 g/mol. The number of rotatable bonds is 10. The van der Waals surface area contributed by atoms with Gasteiger partial charge in [0.1, 0.15) is 17.5 Å². The van der Waals surface area contributed by atoms with Crippen LogP contribution in [0, 0.1) is 0 Å². The number of aromatic nitrogens is 1. The number of benzene rings is 2. The standard InChI is InChI=1S/C28H33N3O5/c1-33-26-9-5-8-23-22(10-11-29-28(23)26)25(32)17-31-12-13-35-21(16-31)15-30-24(27-18-34-19-36-27)14-20-6-3-2-4-7-20/h2-11,18,21,24-25,30,32H,12-17,19H2,1H3. The summed E-state index contributed by atoms with van der Waals surface area (Å²) in [7, 11) is 1.63. The van der Waals surface area contributed by atoms with Gasteiger partial charge in [0.2, 0.25) is 6.79 Å². The Bertz CT molecular complexity index is 1170. The van der Waals surface area contributed by atoms with Crippen molar-refractivity contribution in [3.8, 4) is 5.75 Å². The molecule has 3 atom stereocenters. The van der Waals surface area contributed by atoms with Crippen LogP contribution in [0.3, 0.4) is 0 Å². The summed E-state index contributed by atoms with van der Waals surface area (Å²) in [4.78, 5) is 6.71. The molecule has 2 aromatic carbocycles. The molecule has 0 amide bonds. The first-order chi connectivity index (χ1) is 17.7. The minimum absolute atomic E-state index is 0.00132. The summed E-state index contributed by atoms with van der Waals surface area (Å²) in [5, 5.41) is 15.7. The lowest BCUT2D eigenvalue weighted by Gasteiger charge is -2.35. The van der Waals surface area contributed by atoms with Crippen LogP contribution in [0.15, 0.2) is 72.8 Å². The lowest BCUT2D eigenvalue weighted by Crippen LogP contribution is -2.49. The van der Waals surface area contributed by atoms with Crippen molar-refractivity contribution in [3.05, 3.63) is 83.9 Å². The van der Waals surface area contributed by atoms with Crippen LogP contribution in [-0.2, 0) is 20.6 Å². The Balaban J connectivity index is 1.20. The van der Waals surface area contributed by atoms with Crippen LogP contribution >= 0.6 is 0 Å². The normalized spacial score (nSPS) is 19.8. The maximum atomic E-state index is 11.1. The maximum absolute atomic E-state index is 11.1. The van der Waals surface area contributed by atoms with Gasteiger partial charge in [-0.15, -0.1) is 0 Å². The van der Waals surface area contributed by atoms with Gasteiger partial charge < -0.3 is 29.4 Å². The van der Waals surface area contributed by atoms with E-state index in [9.17, 15) is 5.11 Å². The summed E-state index contributed by atoms with van der Waals surface area (Å²) in [6.07, 6.45) is 3.57. The summed E-state index contributed by atoms with van der Waals surface area (Å²) in [5.41, 5.74) is 2.84. The van der Waals surface area contributed by atoms with Gasteiger partial charge in [0, 0.05) is 37.8 Å². The topological polar surface area (TPSA) is 85.3 Å². The number of morpholine rings is 1. The zero-order chi connectivity index (χ0) is 24.7. The first kappa shape index (κ1) is 24.5. The van der Waals surface area contributed by atoms with Crippen LogP contribution in [0.1, 0.15) is 17.2 Å². The Hall–Kier alpha value is -3.17. The minimum atomic E-state index is -0.644. The average molecular weight is 492 g/mol. The summed E-state index contributed by atoms with van der Waals surface area (Å²) >= 11 is 0. The predicted octanol–water partition coefficient (Wildman–Crippen LogP) is 3.02. The molecule has 0 saturated carbocycles. The smallest absolute Gasteiger partial charge is 0.229 e. The number of β-amino-alcohol motifs (C(OH)–C–C–N with tert-alkyl or cyclic N) is 1. The molecule has 8 heteroatoms. The van der Waals surface area contributed by atoms with Crippen molar-refractivity contribution < 1.29 is 24.1 Å². The maximum Gasteiger partial charge on any atom is 0.229 e. The molecular formula is C28H33N3O5. The third kappa shape index (κ3) is 5.79. The highest BCUT2D eigenvalue weighted by molar-refractivity contribution is 5.87. The van der Waals surface area contributed by atoms with Crippen molar-refractivity contribution >= 4 is 10.9 Å². The van der Waals surface area contributed by atoms with Crippen molar-refractivity contribution in [1.29, 1.82) is 0 Å². The first-order valence-electron chi connectivity index (χ1n) is 12.4. The van der Waals surface area contributed by atoms with Crippen LogP contribution < -0.4 is 10.1 Å². The number of ether oxygens (including phenoxy) is 4. The number of hydrogen-bond donors (Lipinski definition) is 2. The molecule has 2 N–H and O–H groups in total. The number of aliphatic hydroxyl groups excluding tert-OH is 1. The van der Waals surface area contributed by atoms with Crippen molar-refractivity contribution in [2.24, 2.45) is 0 Å². The third-order valence-corrected chi connectivity index (χ3v) is 6.71. The highest BCUT2D eigenvalue weighted by Gasteiger charge is 2.26. The van der Waals surface area contributed by atoms with Gasteiger partial charge in [0.05, 0.1) is 32.0 Å². The molecule has 0 aliphatic carbocycles. The fraction of sp³-hybridized carbons (Fsp3) is 0.393. The molecule has 3 heterocycles. The predicted molar refractivity (Wildman–Crippen MR) is 136 cm³/mol. The molecule has 3 aromatic rings. The van der Waals surface area contributed by atoms with E-state index in [1.807, 2.05) is 42.5 Å². The number of nitrogens with one attached hydrogen (secondary N) is 1. The summed E-state index contributed by atoms with van der Waals surface area (Å²) < 4.78 is 22.5. The van der Waals surface area contributed by atoms with E-state index in [1.165, 1.54) is 5.56 Å². The molecule has 36 heavy (non-hydrogen) atoms. The fourth-order valence-corrected chi connectivity index (χ4v) is 4.87. The van der Waals surface area contributed by atoms with Crippen LogP contribution in [0.4, 0.5) is 0 Å². The monoisotopic (exact) mass is 491 g/mol. The largest absolute Gasteiger partial charge is 0.494 e. The second kappa shape index (κ2) is 11.7. The van der Waals surface area contributed by atoms with Crippen molar-refractivity contribution in [1.82, 2.24) is 15.2 Å². The second-order valence-corrected chi connectivity index (χ2v) is 9.12. The number of pyridine rings is 1. The molecule has 0 radical (unpaired) electrons. The minimum Gasteiger partial charge on any atom is -0.494 e. The molecule has 2 aliphatic heterocycles. The number of aliphatic hydroxyl groups is 1. The van der Waals surface area contributed by atoms with Gasteiger partial charge in [0.25, 0.3) is 0 Å². The molecule has 1 saturated heterocycles. The zero-order valence-electron chi connectivity index (χ0n) is 20.5. The second-order valence-electron chi connectivity index (χ2n) is 9.12.